The number of nitrogen functional groups attached to an aromatic ring is 1. The standard InChI is InChI=1S/C13H20N2O3/c1-3-18-13(16)5-4-8-15-10-6-7-11(14)12(9-10)17-2/h6-7,9,15H,3-5,8,14H2,1-2H3. The highest BCUT2D eigenvalue weighted by molar-refractivity contribution is 5.69. The van der Waals surface area contributed by atoms with Crippen molar-refractivity contribution in [2.24, 2.45) is 0 Å². The molecule has 1 aromatic carbocycles. The van der Waals surface area contributed by atoms with Crippen molar-refractivity contribution in [2.75, 3.05) is 31.3 Å². The Morgan fingerprint density at radius 3 is 2.89 bits per heavy atom. The number of nitrogens with one attached hydrogen (secondary N) is 1. The number of nitrogens with two attached hydrogens (primary N) is 1. The summed E-state index contributed by atoms with van der Waals surface area (Å²) in [5, 5.41) is 3.20. The lowest BCUT2D eigenvalue weighted by molar-refractivity contribution is -0.143. The monoisotopic (exact) mass is 252 g/mol. The second kappa shape index (κ2) is 7.42. The molecule has 18 heavy (non-hydrogen) atoms. The molecule has 0 heterocycles. The van der Waals surface area contributed by atoms with Crippen molar-refractivity contribution in [1.29, 1.82) is 0 Å². The summed E-state index contributed by atoms with van der Waals surface area (Å²) in [5.41, 5.74) is 7.24. The third-order valence-corrected chi connectivity index (χ3v) is 2.43. The van der Waals surface area contributed by atoms with Gasteiger partial charge in [0.15, 0.2) is 0 Å². The zero-order chi connectivity index (χ0) is 13.4. The molecule has 3 N–H and O–H groups in total. The smallest absolute Gasteiger partial charge is 0.305 e. The van der Waals surface area contributed by atoms with Gasteiger partial charge >= 0.3 is 5.97 Å². The first kappa shape index (κ1) is 14.2. The van der Waals surface area contributed by atoms with Crippen molar-refractivity contribution in [3.05, 3.63) is 18.2 Å². The van der Waals surface area contributed by atoms with Crippen LogP contribution in [-0.4, -0.2) is 26.2 Å². The van der Waals surface area contributed by atoms with E-state index in [-0.39, 0.29) is 5.97 Å². The van der Waals surface area contributed by atoms with Crippen LogP contribution in [-0.2, 0) is 9.53 Å². The number of hydrogen-bond donors (Lipinski definition) is 2. The Morgan fingerprint density at radius 2 is 2.22 bits per heavy atom. The van der Waals surface area contributed by atoms with Gasteiger partial charge < -0.3 is 20.5 Å². The Morgan fingerprint density at radius 1 is 1.44 bits per heavy atom. The van der Waals surface area contributed by atoms with E-state index in [4.69, 9.17) is 15.2 Å². The molecule has 5 heteroatoms. The van der Waals surface area contributed by atoms with Crippen LogP contribution >= 0.6 is 0 Å². The Hall–Kier alpha value is -1.91. The molecular weight excluding hydrogens is 232 g/mol. The first-order valence-electron chi connectivity index (χ1n) is 6.00. The molecule has 0 aliphatic rings. The van der Waals surface area contributed by atoms with Gasteiger partial charge in [-0.3, -0.25) is 4.79 Å². The van der Waals surface area contributed by atoms with Crippen LogP contribution in [0.3, 0.4) is 0 Å². The van der Waals surface area contributed by atoms with Gasteiger partial charge in [0.25, 0.3) is 0 Å². The molecule has 0 saturated heterocycles. The topological polar surface area (TPSA) is 73.6 Å². The third kappa shape index (κ3) is 4.53. The summed E-state index contributed by atoms with van der Waals surface area (Å²) in [7, 11) is 1.58. The Labute approximate surface area is 107 Å². The molecule has 0 aromatic heterocycles. The Bertz CT molecular complexity index is 394. The van der Waals surface area contributed by atoms with E-state index < -0.39 is 0 Å². The largest absolute Gasteiger partial charge is 0.495 e. The van der Waals surface area contributed by atoms with Gasteiger partial charge in [-0.05, 0) is 25.5 Å². The van der Waals surface area contributed by atoms with Crippen LogP contribution in [0, 0.1) is 0 Å². The lowest BCUT2D eigenvalue weighted by Gasteiger charge is -2.09. The molecule has 100 valence electrons. The quantitative estimate of drug-likeness (QED) is 0.441. The van der Waals surface area contributed by atoms with Gasteiger partial charge in [-0.25, -0.2) is 0 Å². The van der Waals surface area contributed by atoms with E-state index in [0.717, 1.165) is 12.1 Å². The number of ether oxygens (including phenoxy) is 2. The minimum atomic E-state index is -0.158. The second-order valence-corrected chi connectivity index (χ2v) is 3.79. The SMILES string of the molecule is CCOC(=O)CCCNc1ccc(N)c(OC)c1. The summed E-state index contributed by atoms with van der Waals surface area (Å²) in [6, 6.07) is 5.49. The van der Waals surface area contributed by atoms with Gasteiger partial charge in [0.2, 0.25) is 0 Å². The normalized spacial score (nSPS) is 9.89. The predicted octanol–water partition coefficient (Wildman–Crippen LogP) is 2.03. The van der Waals surface area contributed by atoms with Gasteiger partial charge in [-0.1, -0.05) is 0 Å². The van der Waals surface area contributed by atoms with E-state index in [0.29, 0.717) is 31.0 Å². The maximum atomic E-state index is 11.1. The second-order valence-electron chi connectivity index (χ2n) is 3.79. The number of carbonyl (C=O) groups is 1. The number of esters is 1. The van der Waals surface area contributed by atoms with Crippen LogP contribution in [0.2, 0.25) is 0 Å². The summed E-state index contributed by atoms with van der Waals surface area (Å²) in [4.78, 5) is 11.1. The number of rotatable bonds is 7. The Kier molecular flexibility index (Phi) is 5.84. The summed E-state index contributed by atoms with van der Waals surface area (Å²) >= 11 is 0. The number of carbonyl (C=O) groups excluding carboxylic acids is 1. The maximum Gasteiger partial charge on any atom is 0.305 e. The van der Waals surface area contributed by atoms with Crippen LogP contribution < -0.4 is 15.8 Å². The fraction of sp³-hybridized carbons (Fsp3) is 0.462. The molecule has 0 bridgehead atoms. The lowest BCUT2D eigenvalue weighted by atomic mass is 10.2. The molecule has 0 atom stereocenters. The highest BCUT2D eigenvalue weighted by Crippen LogP contribution is 2.24. The van der Waals surface area contributed by atoms with Crippen molar-refractivity contribution >= 4 is 17.3 Å². The Balaban J connectivity index is 2.33. The maximum absolute atomic E-state index is 11.1. The van der Waals surface area contributed by atoms with Crippen LogP contribution in [0.4, 0.5) is 11.4 Å². The summed E-state index contributed by atoms with van der Waals surface area (Å²) in [5.74, 6) is 0.486. The number of anilines is 2. The first-order chi connectivity index (χ1) is 8.67. The first-order valence-corrected chi connectivity index (χ1v) is 6.00. The van der Waals surface area contributed by atoms with Crippen LogP contribution in [0.25, 0.3) is 0 Å². The van der Waals surface area contributed by atoms with E-state index in [1.165, 1.54) is 0 Å². The predicted molar refractivity (Wildman–Crippen MR) is 71.8 cm³/mol. The zero-order valence-corrected chi connectivity index (χ0v) is 10.9. The summed E-state index contributed by atoms with van der Waals surface area (Å²) in [6.45, 7) is 2.93. The van der Waals surface area contributed by atoms with Crippen LogP contribution in [0.5, 0.6) is 5.75 Å². The third-order valence-electron chi connectivity index (χ3n) is 2.43. The molecule has 0 amide bonds. The molecule has 0 aliphatic carbocycles. The van der Waals surface area contributed by atoms with E-state index in [2.05, 4.69) is 5.32 Å². The van der Waals surface area contributed by atoms with Crippen molar-refractivity contribution in [1.82, 2.24) is 0 Å². The average molecular weight is 252 g/mol. The average Bonchev–Trinajstić information content (AvgIpc) is 2.37. The van der Waals surface area contributed by atoms with Gasteiger partial charge in [0.05, 0.1) is 19.4 Å². The fourth-order valence-corrected chi connectivity index (χ4v) is 1.52. The van der Waals surface area contributed by atoms with Gasteiger partial charge in [-0.2, -0.15) is 0 Å². The highest BCUT2D eigenvalue weighted by Gasteiger charge is 2.02. The van der Waals surface area contributed by atoms with E-state index in [1.54, 1.807) is 20.1 Å². The van der Waals surface area contributed by atoms with Crippen molar-refractivity contribution in [3.8, 4) is 5.75 Å². The summed E-state index contributed by atoms with van der Waals surface area (Å²) in [6.07, 6.45) is 1.15. The van der Waals surface area contributed by atoms with Crippen LogP contribution in [0.15, 0.2) is 18.2 Å². The molecule has 1 rings (SSSR count). The van der Waals surface area contributed by atoms with Crippen molar-refractivity contribution in [3.63, 3.8) is 0 Å². The molecule has 1 aromatic rings. The zero-order valence-electron chi connectivity index (χ0n) is 10.9. The molecule has 0 fully saturated rings. The van der Waals surface area contributed by atoms with Gasteiger partial charge in [0, 0.05) is 24.7 Å². The molecule has 5 nitrogen and oxygen atoms in total. The van der Waals surface area contributed by atoms with E-state index in [1.807, 2.05) is 12.1 Å². The minimum Gasteiger partial charge on any atom is -0.495 e. The van der Waals surface area contributed by atoms with Gasteiger partial charge in [-0.15, -0.1) is 0 Å². The molecule has 0 spiro atoms. The molecule has 0 aliphatic heterocycles. The molecule has 0 unspecified atom stereocenters. The van der Waals surface area contributed by atoms with E-state index >= 15 is 0 Å². The molecular formula is C13H20N2O3. The number of hydrogen-bond acceptors (Lipinski definition) is 5. The summed E-state index contributed by atoms with van der Waals surface area (Å²) < 4.78 is 9.97. The van der Waals surface area contributed by atoms with E-state index in [9.17, 15) is 4.79 Å². The molecule has 0 saturated carbocycles. The van der Waals surface area contributed by atoms with Crippen molar-refractivity contribution in [2.45, 2.75) is 19.8 Å². The minimum absolute atomic E-state index is 0.158. The number of methoxy groups -OCH3 is 1. The number of benzene rings is 1. The highest BCUT2D eigenvalue weighted by atomic mass is 16.5. The fourth-order valence-electron chi connectivity index (χ4n) is 1.52. The van der Waals surface area contributed by atoms with Crippen LogP contribution in [0.1, 0.15) is 19.8 Å². The van der Waals surface area contributed by atoms with Crippen molar-refractivity contribution < 1.29 is 14.3 Å². The van der Waals surface area contributed by atoms with Gasteiger partial charge in [0.1, 0.15) is 5.75 Å². The molecule has 0 radical (unpaired) electrons. The lowest BCUT2D eigenvalue weighted by Crippen LogP contribution is -2.08.